The van der Waals surface area contributed by atoms with Crippen LogP contribution in [0.3, 0.4) is 0 Å². The maximum absolute atomic E-state index is 14.2. The molecule has 6 rings (SSSR count). The van der Waals surface area contributed by atoms with Crippen LogP contribution < -0.4 is 15.0 Å². The molecule has 1 aromatic heterocycles. The molecule has 4 fully saturated rings. The van der Waals surface area contributed by atoms with Crippen LogP contribution in [0.25, 0.3) is 0 Å². The second-order valence-electron chi connectivity index (χ2n) is 11.4. The first-order chi connectivity index (χ1) is 19.3. The summed E-state index contributed by atoms with van der Waals surface area (Å²) in [4.78, 5) is 40.4. The molecule has 1 aromatic carbocycles. The van der Waals surface area contributed by atoms with Crippen molar-refractivity contribution in [1.29, 1.82) is 0 Å². The Morgan fingerprint density at radius 3 is 2.70 bits per heavy atom. The van der Waals surface area contributed by atoms with Crippen LogP contribution in [0.4, 0.5) is 14.6 Å². The van der Waals surface area contributed by atoms with Crippen LogP contribution in [-0.4, -0.2) is 102 Å². The number of carbonyl (C=O) groups is 2. The van der Waals surface area contributed by atoms with Crippen molar-refractivity contribution in [3.8, 4) is 11.5 Å². The smallest absolute Gasteiger partial charge is 0.258 e. The van der Waals surface area contributed by atoms with E-state index in [9.17, 15) is 18.4 Å². The number of aromatic nitrogens is 2. The van der Waals surface area contributed by atoms with E-state index in [0.717, 1.165) is 25.9 Å². The second kappa shape index (κ2) is 10.9. The minimum atomic E-state index is -0.957. The first kappa shape index (κ1) is 26.8. The number of ether oxygens (including phenoxy) is 2. The minimum Gasteiger partial charge on any atom is -0.451 e. The lowest BCUT2D eigenvalue weighted by Crippen LogP contribution is -2.62. The second-order valence-corrected chi connectivity index (χ2v) is 11.4. The summed E-state index contributed by atoms with van der Waals surface area (Å²) >= 11 is 0. The Morgan fingerprint density at radius 2 is 1.98 bits per heavy atom. The number of morpholine rings is 1. The molecule has 10 nitrogen and oxygen atoms in total. The highest BCUT2D eigenvalue weighted by atomic mass is 19.1. The van der Waals surface area contributed by atoms with Crippen LogP contribution in [-0.2, 0) is 9.53 Å². The van der Waals surface area contributed by atoms with E-state index in [0.29, 0.717) is 44.4 Å². The van der Waals surface area contributed by atoms with Crippen LogP contribution in [0.2, 0.25) is 0 Å². The maximum Gasteiger partial charge on any atom is 0.258 e. The van der Waals surface area contributed by atoms with Gasteiger partial charge in [-0.15, -0.1) is 0 Å². The predicted octanol–water partition coefficient (Wildman–Crippen LogP) is 2.40. The van der Waals surface area contributed by atoms with E-state index < -0.39 is 18.0 Å². The Hall–Kier alpha value is -3.38. The number of piperidine rings is 1. The Bertz CT molecular complexity index is 1270. The zero-order valence-corrected chi connectivity index (χ0v) is 22.5. The molecule has 5 heterocycles. The number of hydrogen-bond donors (Lipinski definition) is 1. The lowest BCUT2D eigenvalue weighted by atomic mass is 9.72. The molecule has 1 N–H and O–H groups in total. The highest BCUT2D eigenvalue weighted by molar-refractivity contribution is 5.97. The van der Waals surface area contributed by atoms with Crippen molar-refractivity contribution in [2.45, 2.75) is 44.4 Å². The van der Waals surface area contributed by atoms with E-state index >= 15 is 0 Å². The fraction of sp³-hybridized carbons (Fsp3) is 0.571. The maximum atomic E-state index is 14.2. The van der Waals surface area contributed by atoms with E-state index in [2.05, 4.69) is 20.2 Å². The molecule has 0 unspecified atom stereocenters. The van der Waals surface area contributed by atoms with Gasteiger partial charge < -0.3 is 29.5 Å². The van der Waals surface area contributed by atoms with Gasteiger partial charge in [-0.2, -0.15) is 0 Å². The number of alkyl halides is 1. The van der Waals surface area contributed by atoms with Crippen LogP contribution >= 0.6 is 0 Å². The van der Waals surface area contributed by atoms with Gasteiger partial charge in [0.1, 0.15) is 24.1 Å². The van der Waals surface area contributed by atoms with Gasteiger partial charge in [-0.1, -0.05) is 0 Å². The van der Waals surface area contributed by atoms with Gasteiger partial charge >= 0.3 is 0 Å². The summed E-state index contributed by atoms with van der Waals surface area (Å²) in [6, 6.07) is 3.37. The van der Waals surface area contributed by atoms with Gasteiger partial charge in [0.2, 0.25) is 5.91 Å². The summed E-state index contributed by atoms with van der Waals surface area (Å²) in [7, 11) is 0. The quantitative estimate of drug-likeness (QED) is 0.600. The lowest BCUT2D eigenvalue weighted by Gasteiger charge is -2.54. The molecule has 3 atom stereocenters. The number of nitrogens with one attached hydrogen (secondary N) is 1. The normalized spacial score (nSPS) is 26.1. The number of nitrogens with zero attached hydrogens (tertiary/aromatic N) is 5. The summed E-state index contributed by atoms with van der Waals surface area (Å²) in [6.45, 7) is 6.20. The molecule has 0 radical (unpaired) electrons. The topological polar surface area (TPSA) is 100 Å². The Labute approximate surface area is 231 Å². The standard InChI is InChI=1S/C28H34F2N6O4/c1-18-14-39-9-8-36(18)26(37)21-10-19(29)2-3-23(21)40-24-13-31-17-33-25(24)35-15-28(16-35)4-6-34(7-5-28)27(38)22-11-20(30)12-32-22/h2-3,10,13,17-18,20,22,32H,4-9,11-12,14-16H2,1H3/t18-,20-,22+/m1/s1. The molecule has 2 aromatic rings. The molecular weight excluding hydrogens is 522 g/mol. The fourth-order valence-electron chi connectivity index (χ4n) is 6.21. The largest absolute Gasteiger partial charge is 0.451 e. The first-order valence-electron chi connectivity index (χ1n) is 13.9. The third-order valence-corrected chi connectivity index (χ3v) is 8.54. The average molecular weight is 557 g/mol. The fourth-order valence-corrected chi connectivity index (χ4v) is 6.21. The minimum absolute atomic E-state index is 0.00575. The van der Waals surface area contributed by atoms with Crippen molar-refractivity contribution in [3.05, 3.63) is 42.1 Å². The van der Waals surface area contributed by atoms with Crippen LogP contribution in [0.15, 0.2) is 30.7 Å². The molecule has 214 valence electrons. The third-order valence-electron chi connectivity index (χ3n) is 8.54. The summed E-state index contributed by atoms with van der Waals surface area (Å²) in [5, 5.41) is 2.99. The molecule has 1 spiro atoms. The highest BCUT2D eigenvalue weighted by Gasteiger charge is 2.47. The molecule has 4 aliphatic rings. The summed E-state index contributed by atoms with van der Waals surface area (Å²) in [5.41, 5.74) is 0.199. The molecule has 2 amide bonds. The monoisotopic (exact) mass is 556 g/mol. The van der Waals surface area contributed by atoms with Gasteiger partial charge in [-0.05, 0) is 38.0 Å². The third kappa shape index (κ3) is 5.22. The van der Waals surface area contributed by atoms with Crippen molar-refractivity contribution in [1.82, 2.24) is 25.1 Å². The van der Waals surface area contributed by atoms with Crippen LogP contribution in [0, 0.1) is 11.2 Å². The number of carbonyl (C=O) groups excluding carboxylic acids is 2. The molecule has 4 saturated heterocycles. The Balaban J connectivity index is 1.12. The number of anilines is 1. The van der Waals surface area contributed by atoms with Gasteiger partial charge in [0.15, 0.2) is 11.6 Å². The summed E-state index contributed by atoms with van der Waals surface area (Å²) in [6.07, 6.45) is 4.01. The van der Waals surface area contributed by atoms with Gasteiger partial charge in [0.05, 0.1) is 37.1 Å². The van der Waals surface area contributed by atoms with Gasteiger partial charge in [-0.3, -0.25) is 9.59 Å². The van der Waals surface area contributed by atoms with Crippen molar-refractivity contribution in [3.63, 3.8) is 0 Å². The molecule has 4 aliphatic heterocycles. The van der Waals surface area contributed by atoms with Crippen molar-refractivity contribution >= 4 is 17.6 Å². The first-order valence-corrected chi connectivity index (χ1v) is 13.9. The van der Waals surface area contributed by atoms with Crippen molar-refractivity contribution < 1.29 is 27.8 Å². The van der Waals surface area contributed by atoms with Crippen LogP contribution in [0.5, 0.6) is 11.5 Å². The lowest BCUT2D eigenvalue weighted by molar-refractivity contribution is -0.135. The number of likely N-dealkylation sites (tertiary alicyclic amines) is 1. The number of rotatable bonds is 5. The SMILES string of the molecule is C[C@@H]1COCCN1C(=O)c1cc(F)ccc1Oc1cncnc1N1CC2(CCN(C(=O)[C@@H]3C[C@@H](F)CN3)CC2)C1. The van der Waals surface area contributed by atoms with Crippen molar-refractivity contribution in [2.24, 2.45) is 5.41 Å². The van der Waals surface area contributed by atoms with Gasteiger partial charge in [0, 0.05) is 51.1 Å². The Morgan fingerprint density at radius 1 is 1.18 bits per heavy atom. The van der Waals surface area contributed by atoms with Crippen LogP contribution in [0.1, 0.15) is 36.5 Å². The average Bonchev–Trinajstić information content (AvgIpc) is 3.39. The van der Waals surface area contributed by atoms with E-state index in [1.54, 1.807) is 11.1 Å². The highest BCUT2D eigenvalue weighted by Crippen LogP contribution is 2.45. The van der Waals surface area contributed by atoms with E-state index in [1.807, 2.05) is 11.8 Å². The predicted molar refractivity (Wildman–Crippen MR) is 142 cm³/mol. The molecule has 40 heavy (non-hydrogen) atoms. The van der Waals surface area contributed by atoms with Gasteiger partial charge in [0.25, 0.3) is 5.91 Å². The molecule has 0 saturated carbocycles. The molecular formula is C28H34F2N6O4. The molecule has 0 bridgehead atoms. The molecule has 0 aliphatic carbocycles. The number of amides is 2. The Kier molecular flexibility index (Phi) is 7.30. The number of benzene rings is 1. The molecule has 12 heteroatoms. The van der Waals surface area contributed by atoms with E-state index in [-0.39, 0.29) is 47.5 Å². The van der Waals surface area contributed by atoms with Crippen molar-refractivity contribution in [2.75, 3.05) is 57.4 Å². The number of halogens is 2. The zero-order chi connectivity index (χ0) is 27.9. The number of hydrogen-bond acceptors (Lipinski definition) is 8. The van der Waals surface area contributed by atoms with E-state index in [1.165, 1.54) is 24.5 Å². The van der Waals surface area contributed by atoms with Gasteiger partial charge in [-0.25, -0.2) is 18.7 Å². The van der Waals surface area contributed by atoms with E-state index in [4.69, 9.17) is 9.47 Å². The zero-order valence-electron chi connectivity index (χ0n) is 22.5. The summed E-state index contributed by atoms with van der Waals surface area (Å²) in [5.74, 6) is 0.374. The summed E-state index contributed by atoms with van der Waals surface area (Å²) < 4.78 is 39.4.